The Morgan fingerprint density at radius 2 is 2.00 bits per heavy atom. The van der Waals surface area contributed by atoms with E-state index in [1.54, 1.807) is 12.1 Å². The Bertz CT molecular complexity index is 1390. The zero-order valence-corrected chi connectivity index (χ0v) is 22.3. The van der Waals surface area contributed by atoms with Crippen LogP contribution in [0.2, 0.25) is 5.15 Å². The summed E-state index contributed by atoms with van der Waals surface area (Å²) in [5.41, 5.74) is 2.09. The summed E-state index contributed by atoms with van der Waals surface area (Å²) in [7, 11) is 0. The normalized spacial score (nSPS) is 25.1. The molecule has 2 aliphatic heterocycles. The molecule has 4 heterocycles. The maximum atomic E-state index is 13.4. The Labute approximate surface area is 223 Å². The molecule has 0 radical (unpaired) electrons. The quantitative estimate of drug-likeness (QED) is 0.402. The lowest BCUT2D eigenvalue weighted by molar-refractivity contribution is -0.193. The standard InChI is InChI=1S/C26H26ClFN4O4S/c1-13(15-5-7-16(28)8-6-15)30-20-17-9-10-32(24(17)31-23(27)18(20)11-29)25-22-21(35-26(3,4)36-22)19(34-25)12-37-14(2)33/h5-10,13,19,21-22,25H,12H2,1-4H3,(H,30,31)/t13-,19+,21-,22-,25-/m1/s1. The van der Waals surface area contributed by atoms with Crippen LogP contribution in [0.15, 0.2) is 36.5 Å². The van der Waals surface area contributed by atoms with E-state index in [0.717, 1.165) is 5.56 Å². The highest BCUT2D eigenvalue weighted by molar-refractivity contribution is 8.13. The van der Waals surface area contributed by atoms with Crippen molar-refractivity contribution in [3.05, 3.63) is 58.6 Å². The number of carbonyl (C=O) groups excluding carboxylic acids is 1. The van der Waals surface area contributed by atoms with Crippen LogP contribution in [0.1, 0.15) is 51.1 Å². The third-order valence-corrected chi connectivity index (χ3v) is 7.69. The number of fused-ring (bicyclic) bond motifs is 2. The highest BCUT2D eigenvalue weighted by atomic mass is 35.5. The molecular formula is C26H26ClFN4O4S. The second-order valence-corrected chi connectivity index (χ2v) is 11.1. The number of carbonyl (C=O) groups is 1. The van der Waals surface area contributed by atoms with Crippen molar-refractivity contribution in [3.8, 4) is 6.07 Å². The van der Waals surface area contributed by atoms with E-state index in [9.17, 15) is 14.4 Å². The molecule has 0 spiro atoms. The fourth-order valence-corrected chi connectivity index (χ4v) is 5.75. The van der Waals surface area contributed by atoms with E-state index in [-0.39, 0.29) is 39.9 Å². The van der Waals surface area contributed by atoms with E-state index < -0.39 is 18.1 Å². The maximum absolute atomic E-state index is 13.4. The molecule has 0 saturated carbocycles. The summed E-state index contributed by atoms with van der Waals surface area (Å²) < 4.78 is 34.0. The van der Waals surface area contributed by atoms with E-state index in [2.05, 4.69) is 16.4 Å². The number of halogens is 2. The van der Waals surface area contributed by atoms with Gasteiger partial charge in [-0.1, -0.05) is 35.5 Å². The number of nitrogens with zero attached hydrogens (tertiary/aromatic N) is 3. The van der Waals surface area contributed by atoms with Gasteiger partial charge in [0, 0.05) is 30.3 Å². The zero-order chi connectivity index (χ0) is 26.5. The summed E-state index contributed by atoms with van der Waals surface area (Å²) in [6, 6.07) is 9.91. The van der Waals surface area contributed by atoms with Crippen molar-refractivity contribution >= 4 is 45.2 Å². The Morgan fingerprint density at radius 1 is 1.30 bits per heavy atom. The van der Waals surface area contributed by atoms with Crippen molar-refractivity contribution in [1.29, 1.82) is 5.26 Å². The van der Waals surface area contributed by atoms with E-state index in [0.29, 0.717) is 22.5 Å². The van der Waals surface area contributed by atoms with Crippen molar-refractivity contribution in [2.45, 2.75) is 64.1 Å². The highest BCUT2D eigenvalue weighted by Gasteiger charge is 2.56. The first-order valence-electron chi connectivity index (χ1n) is 11.8. The van der Waals surface area contributed by atoms with Crippen LogP contribution < -0.4 is 5.32 Å². The van der Waals surface area contributed by atoms with Crippen molar-refractivity contribution in [2.24, 2.45) is 0 Å². The molecule has 0 bridgehead atoms. The lowest BCUT2D eigenvalue weighted by atomic mass is 10.1. The maximum Gasteiger partial charge on any atom is 0.185 e. The molecule has 2 fully saturated rings. The zero-order valence-electron chi connectivity index (χ0n) is 20.7. The van der Waals surface area contributed by atoms with Gasteiger partial charge in [-0.2, -0.15) is 5.26 Å². The molecule has 194 valence electrons. The number of hydrogen-bond donors (Lipinski definition) is 1. The van der Waals surface area contributed by atoms with Gasteiger partial charge in [0.25, 0.3) is 0 Å². The van der Waals surface area contributed by atoms with E-state index in [4.69, 9.17) is 25.8 Å². The number of benzene rings is 1. The smallest absolute Gasteiger partial charge is 0.185 e. The number of rotatable bonds is 6. The minimum absolute atomic E-state index is 0.00309. The number of ether oxygens (including phenoxy) is 3. The molecular weight excluding hydrogens is 519 g/mol. The fraction of sp³-hybridized carbons (Fsp3) is 0.423. The minimum Gasteiger partial charge on any atom is -0.377 e. The largest absolute Gasteiger partial charge is 0.377 e. The van der Waals surface area contributed by atoms with Crippen LogP contribution in [0.4, 0.5) is 10.1 Å². The molecule has 2 saturated heterocycles. The second-order valence-electron chi connectivity index (χ2n) is 9.57. The Balaban J connectivity index is 1.53. The van der Waals surface area contributed by atoms with Gasteiger partial charge in [0.05, 0.1) is 11.8 Å². The average molecular weight is 545 g/mol. The van der Waals surface area contributed by atoms with Crippen LogP contribution in [0.25, 0.3) is 11.0 Å². The first-order valence-corrected chi connectivity index (χ1v) is 13.2. The van der Waals surface area contributed by atoms with Gasteiger partial charge in [0.2, 0.25) is 0 Å². The second kappa shape index (κ2) is 9.89. The summed E-state index contributed by atoms with van der Waals surface area (Å²) in [6.07, 6.45) is 0.0664. The summed E-state index contributed by atoms with van der Waals surface area (Å²) in [4.78, 5) is 16.1. The van der Waals surface area contributed by atoms with Crippen molar-refractivity contribution in [2.75, 3.05) is 11.1 Å². The van der Waals surface area contributed by atoms with Gasteiger partial charge in [-0.05, 0) is 44.5 Å². The topological polar surface area (TPSA) is 98.4 Å². The van der Waals surface area contributed by atoms with Crippen molar-refractivity contribution < 1.29 is 23.4 Å². The highest BCUT2D eigenvalue weighted by Crippen LogP contribution is 2.45. The molecule has 5 atom stereocenters. The fourth-order valence-electron chi connectivity index (χ4n) is 4.86. The Hall–Kier alpha value is -2.68. The molecule has 0 unspecified atom stereocenters. The van der Waals surface area contributed by atoms with Gasteiger partial charge < -0.3 is 24.1 Å². The molecule has 1 aromatic carbocycles. The van der Waals surface area contributed by atoms with Crippen LogP contribution in [-0.4, -0.2) is 44.5 Å². The minimum atomic E-state index is -0.810. The van der Waals surface area contributed by atoms with Gasteiger partial charge in [0.15, 0.2) is 22.3 Å². The van der Waals surface area contributed by atoms with Crippen LogP contribution in [0.3, 0.4) is 0 Å². The van der Waals surface area contributed by atoms with Crippen LogP contribution >= 0.6 is 23.4 Å². The summed E-state index contributed by atoms with van der Waals surface area (Å²) >= 11 is 7.67. The van der Waals surface area contributed by atoms with Gasteiger partial charge in [-0.3, -0.25) is 4.79 Å². The van der Waals surface area contributed by atoms with Gasteiger partial charge in [0.1, 0.15) is 35.3 Å². The van der Waals surface area contributed by atoms with Crippen molar-refractivity contribution in [3.63, 3.8) is 0 Å². The number of anilines is 1. The number of nitrogens with one attached hydrogen (secondary N) is 1. The Morgan fingerprint density at radius 3 is 2.68 bits per heavy atom. The molecule has 11 heteroatoms. The van der Waals surface area contributed by atoms with E-state index in [1.165, 1.54) is 30.8 Å². The number of pyridine rings is 1. The molecule has 0 aliphatic carbocycles. The van der Waals surface area contributed by atoms with Crippen molar-refractivity contribution in [1.82, 2.24) is 9.55 Å². The van der Waals surface area contributed by atoms with Crippen LogP contribution in [0.5, 0.6) is 0 Å². The number of thioether (sulfide) groups is 1. The summed E-state index contributed by atoms with van der Waals surface area (Å²) in [5, 5.41) is 13.9. The molecule has 3 aromatic rings. The first kappa shape index (κ1) is 25.9. The lowest BCUT2D eigenvalue weighted by Gasteiger charge is -2.25. The van der Waals surface area contributed by atoms with Crippen LogP contribution in [-0.2, 0) is 19.0 Å². The lowest BCUT2D eigenvalue weighted by Crippen LogP contribution is -2.31. The molecule has 1 N–H and O–H groups in total. The van der Waals surface area contributed by atoms with E-state index >= 15 is 0 Å². The molecule has 8 nitrogen and oxygen atoms in total. The van der Waals surface area contributed by atoms with E-state index in [1.807, 2.05) is 37.6 Å². The number of aromatic nitrogens is 2. The van der Waals surface area contributed by atoms with Gasteiger partial charge >= 0.3 is 0 Å². The Kier molecular flexibility index (Phi) is 6.94. The summed E-state index contributed by atoms with van der Waals surface area (Å²) in [5.74, 6) is -0.702. The molecule has 37 heavy (non-hydrogen) atoms. The number of nitriles is 1. The number of hydrogen-bond acceptors (Lipinski definition) is 8. The first-order chi connectivity index (χ1) is 17.6. The van der Waals surface area contributed by atoms with Gasteiger partial charge in [-0.15, -0.1) is 0 Å². The summed E-state index contributed by atoms with van der Waals surface area (Å²) in [6.45, 7) is 7.13. The molecule has 2 aromatic heterocycles. The SMILES string of the molecule is CC(=O)SC[C@@H]1O[C@@H](n2ccc3c(N[C@H](C)c4ccc(F)cc4)c(C#N)c(Cl)nc32)[C@@H]2OC(C)(C)O[C@@H]21. The third kappa shape index (κ3) is 4.94. The molecule has 0 amide bonds. The van der Waals surface area contributed by atoms with Crippen LogP contribution in [0, 0.1) is 17.1 Å². The molecule has 5 rings (SSSR count). The van der Waals surface area contributed by atoms with Gasteiger partial charge in [-0.25, -0.2) is 9.37 Å². The third-order valence-electron chi connectivity index (χ3n) is 6.51. The molecule has 2 aliphatic rings. The monoisotopic (exact) mass is 544 g/mol. The average Bonchev–Trinajstić information content (AvgIpc) is 3.48. The predicted octanol–water partition coefficient (Wildman–Crippen LogP) is 5.57. The predicted molar refractivity (Wildman–Crippen MR) is 139 cm³/mol.